The number of esters is 1. The molecule has 0 aliphatic heterocycles. The number of aromatic hydroxyl groups is 1. The van der Waals surface area contributed by atoms with Crippen molar-refractivity contribution in [3.05, 3.63) is 149 Å². The molecule has 0 fully saturated rings. The number of phenols is 1. The van der Waals surface area contributed by atoms with Crippen molar-refractivity contribution in [1.82, 2.24) is 0 Å². The highest BCUT2D eigenvalue weighted by Gasteiger charge is 2.47. The van der Waals surface area contributed by atoms with E-state index in [-0.39, 0.29) is 5.75 Å². The molecule has 3 nitrogen and oxygen atoms in total. The van der Waals surface area contributed by atoms with Crippen molar-refractivity contribution >= 4 is 69.7 Å². The maximum atomic E-state index is 12.9. The molecule has 0 saturated heterocycles. The van der Waals surface area contributed by atoms with E-state index in [1.807, 2.05) is 54.6 Å². The van der Waals surface area contributed by atoms with E-state index in [2.05, 4.69) is 88.0 Å². The number of hydrogen-bond donors (Lipinski definition) is 1. The Kier molecular flexibility index (Phi) is 7.04. The lowest BCUT2D eigenvalue weighted by atomic mass is 9.67. The summed E-state index contributed by atoms with van der Waals surface area (Å²) in [7, 11) is 0. The third-order valence-corrected chi connectivity index (χ3v) is 9.42. The fraction of sp³-hybridized carbons (Fsp3) is 0.0312. The van der Waals surface area contributed by atoms with E-state index >= 15 is 0 Å². The summed E-state index contributed by atoms with van der Waals surface area (Å²) < 4.78 is 8.26. The molecule has 7 heteroatoms. The Balaban J connectivity index is 1.61. The smallest absolute Gasteiger partial charge is 0.343 e. The zero-order chi connectivity index (χ0) is 27.3. The Bertz CT molecular complexity index is 1670. The molecule has 0 atom stereocenters. The van der Waals surface area contributed by atoms with Gasteiger partial charge >= 0.3 is 5.97 Å². The molecule has 0 heterocycles. The van der Waals surface area contributed by atoms with Crippen LogP contribution in [0.15, 0.2) is 121 Å². The van der Waals surface area contributed by atoms with E-state index in [9.17, 15) is 9.90 Å². The van der Waals surface area contributed by atoms with E-state index in [0.717, 1.165) is 33.4 Å². The second-order valence-electron chi connectivity index (χ2n) is 9.15. The molecule has 0 bridgehead atoms. The maximum Gasteiger partial charge on any atom is 0.343 e. The van der Waals surface area contributed by atoms with E-state index in [0.29, 0.717) is 29.2 Å². The van der Waals surface area contributed by atoms with Gasteiger partial charge in [-0.05, 0) is 133 Å². The molecule has 0 aromatic heterocycles. The van der Waals surface area contributed by atoms with Gasteiger partial charge in [-0.25, -0.2) is 4.79 Å². The standard InChI is InChI=1S/C32H18Br4O3/c33-25-14-19(15-26(34)29(25)37)32(23-12-6-4-10-21(23)22-11-5-7-13-24(22)32)20-16-27(35)30(28(36)17-20)39-31(38)18-8-2-1-3-9-18/h1-17,37H. The van der Waals surface area contributed by atoms with Gasteiger partial charge in [-0.1, -0.05) is 66.7 Å². The third kappa shape index (κ3) is 4.31. The quantitative estimate of drug-likeness (QED) is 0.144. The average molecular weight is 770 g/mol. The molecule has 0 saturated carbocycles. The SMILES string of the molecule is O=C(Oc1c(Br)cc(C2(c3cc(Br)c(O)c(Br)c3)c3ccccc3-c3ccccc32)cc1Br)c1ccccc1. The lowest BCUT2D eigenvalue weighted by Gasteiger charge is -2.34. The van der Waals surface area contributed by atoms with Crippen molar-refractivity contribution in [1.29, 1.82) is 0 Å². The molecule has 5 aromatic carbocycles. The molecule has 192 valence electrons. The topological polar surface area (TPSA) is 46.5 Å². The molecule has 0 radical (unpaired) electrons. The van der Waals surface area contributed by atoms with Crippen molar-refractivity contribution in [3.63, 3.8) is 0 Å². The van der Waals surface area contributed by atoms with E-state index < -0.39 is 11.4 Å². The number of benzene rings is 5. The molecule has 6 rings (SSSR count). The van der Waals surface area contributed by atoms with Crippen molar-refractivity contribution in [3.8, 4) is 22.6 Å². The van der Waals surface area contributed by atoms with Crippen LogP contribution in [-0.2, 0) is 5.41 Å². The zero-order valence-electron chi connectivity index (χ0n) is 20.1. The van der Waals surface area contributed by atoms with Gasteiger partial charge in [0.25, 0.3) is 0 Å². The van der Waals surface area contributed by atoms with Crippen molar-refractivity contribution in [2.75, 3.05) is 0 Å². The van der Waals surface area contributed by atoms with Crippen LogP contribution in [0, 0.1) is 0 Å². The molecule has 39 heavy (non-hydrogen) atoms. The van der Waals surface area contributed by atoms with Gasteiger partial charge in [-0.15, -0.1) is 0 Å². The zero-order valence-corrected chi connectivity index (χ0v) is 26.4. The molecule has 1 aliphatic carbocycles. The minimum atomic E-state index is -0.723. The predicted octanol–water partition coefficient (Wildman–Crippen LogP) is 10.0. The molecule has 0 unspecified atom stereocenters. The van der Waals surface area contributed by atoms with Gasteiger partial charge in [-0.3, -0.25) is 0 Å². The van der Waals surface area contributed by atoms with Crippen LogP contribution < -0.4 is 4.74 Å². The highest BCUT2D eigenvalue weighted by Crippen LogP contribution is 2.58. The summed E-state index contributed by atoms with van der Waals surface area (Å²) in [5, 5.41) is 10.6. The van der Waals surface area contributed by atoms with Gasteiger partial charge < -0.3 is 9.84 Å². The van der Waals surface area contributed by atoms with Gasteiger partial charge in [0.05, 0.1) is 28.9 Å². The Morgan fingerprint density at radius 2 is 1.05 bits per heavy atom. The van der Waals surface area contributed by atoms with Gasteiger partial charge in [0.1, 0.15) is 5.75 Å². The maximum absolute atomic E-state index is 12.9. The first-order valence-corrected chi connectivity index (χ1v) is 15.1. The third-order valence-electron chi connectivity index (χ3n) is 7.04. The molecular weight excluding hydrogens is 752 g/mol. The number of hydrogen-bond acceptors (Lipinski definition) is 3. The highest BCUT2D eigenvalue weighted by atomic mass is 79.9. The Labute approximate surface area is 259 Å². The second-order valence-corrected chi connectivity index (χ2v) is 12.6. The van der Waals surface area contributed by atoms with Crippen LogP contribution in [0.5, 0.6) is 11.5 Å². The van der Waals surface area contributed by atoms with E-state index in [1.54, 1.807) is 24.3 Å². The number of rotatable bonds is 4. The van der Waals surface area contributed by atoms with Crippen LogP contribution in [0.25, 0.3) is 11.1 Å². The Hall–Kier alpha value is -2.71. The summed E-state index contributed by atoms with van der Waals surface area (Å²) >= 11 is 14.5. The Morgan fingerprint density at radius 3 is 1.56 bits per heavy atom. The fourth-order valence-electron chi connectivity index (χ4n) is 5.41. The highest BCUT2D eigenvalue weighted by molar-refractivity contribution is 9.11. The second kappa shape index (κ2) is 10.4. The first-order chi connectivity index (χ1) is 18.8. The molecule has 0 spiro atoms. The van der Waals surface area contributed by atoms with E-state index in [4.69, 9.17) is 4.74 Å². The van der Waals surface area contributed by atoms with Crippen LogP contribution in [-0.4, -0.2) is 11.1 Å². The summed E-state index contributed by atoms with van der Waals surface area (Å²) in [6.45, 7) is 0. The minimum Gasteiger partial charge on any atom is -0.506 e. The summed E-state index contributed by atoms with van der Waals surface area (Å²) in [5.41, 5.74) is 6.17. The largest absolute Gasteiger partial charge is 0.506 e. The number of carbonyl (C=O) groups excluding carboxylic acids is 1. The number of halogens is 4. The van der Waals surface area contributed by atoms with Gasteiger partial charge in [0.15, 0.2) is 5.75 Å². The number of carbonyl (C=O) groups is 1. The lowest BCUT2D eigenvalue weighted by Crippen LogP contribution is -2.29. The van der Waals surface area contributed by atoms with Crippen LogP contribution in [0.2, 0.25) is 0 Å². The molecule has 5 aromatic rings. The first-order valence-electron chi connectivity index (χ1n) is 12.0. The molecular formula is C32H18Br4O3. The first kappa shape index (κ1) is 26.5. The molecule has 0 amide bonds. The number of ether oxygens (including phenoxy) is 1. The van der Waals surface area contributed by atoms with E-state index in [1.165, 1.54) is 0 Å². The summed E-state index contributed by atoms with van der Waals surface area (Å²) in [6.07, 6.45) is 0. The number of fused-ring (bicyclic) bond motifs is 3. The average Bonchev–Trinajstić information content (AvgIpc) is 3.25. The normalized spacial score (nSPS) is 13.0. The minimum absolute atomic E-state index is 0.138. The van der Waals surface area contributed by atoms with Crippen LogP contribution >= 0.6 is 63.7 Å². The monoisotopic (exact) mass is 766 g/mol. The fourth-order valence-corrected chi connectivity index (χ4v) is 7.94. The van der Waals surface area contributed by atoms with Crippen LogP contribution in [0.1, 0.15) is 32.6 Å². The summed E-state index contributed by atoms with van der Waals surface area (Å²) in [5.74, 6) is 0.0943. The van der Waals surface area contributed by atoms with Gasteiger partial charge in [0, 0.05) is 0 Å². The Morgan fingerprint density at radius 1 is 0.615 bits per heavy atom. The molecule has 1 N–H and O–H groups in total. The van der Waals surface area contributed by atoms with Crippen molar-refractivity contribution < 1.29 is 14.6 Å². The van der Waals surface area contributed by atoms with Crippen LogP contribution in [0.4, 0.5) is 0 Å². The van der Waals surface area contributed by atoms with Gasteiger partial charge in [0.2, 0.25) is 0 Å². The molecule has 1 aliphatic rings. The van der Waals surface area contributed by atoms with Crippen LogP contribution in [0.3, 0.4) is 0 Å². The van der Waals surface area contributed by atoms with Crippen molar-refractivity contribution in [2.45, 2.75) is 5.41 Å². The van der Waals surface area contributed by atoms with Crippen molar-refractivity contribution in [2.24, 2.45) is 0 Å². The summed E-state index contributed by atoms with van der Waals surface area (Å²) in [4.78, 5) is 12.9. The number of phenolic OH excluding ortho intramolecular Hbond substituents is 1. The van der Waals surface area contributed by atoms with Gasteiger partial charge in [-0.2, -0.15) is 0 Å². The predicted molar refractivity (Wildman–Crippen MR) is 168 cm³/mol. The lowest BCUT2D eigenvalue weighted by molar-refractivity contribution is 0.0732. The summed E-state index contributed by atoms with van der Waals surface area (Å²) in [6, 6.07) is 33.6.